The molecule has 1 atom stereocenters. The smallest absolute Gasteiger partial charge is 0.326 e. The van der Waals surface area contributed by atoms with Crippen LogP contribution in [0.4, 0.5) is 0 Å². The van der Waals surface area contributed by atoms with Gasteiger partial charge in [0.15, 0.2) is 5.65 Å². The predicted octanol–water partition coefficient (Wildman–Crippen LogP) is 3.31. The van der Waals surface area contributed by atoms with Crippen LogP contribution < -0.4 is 0 Å². The average molecular weight is 372 g/mol. The number of fused-ring (bicyclic) bond motifs is 1. The summed E-state index contributed by atoms with van der Waals surface area (Å²) in [5.41, 5.74) is 2.44. The topological polar surface area (TPSA) is 88.3 Å². The van der Waals surface area contributed by atoms with Crippen LogP contribution in [0.1, 0.15) is 75.1 Å². The molecule has 1 unspecified atom stereocenters. The number of carboxylic acid groups (broad SMARTS) is 1. The van der Waals surface area contributed by atoms with Gasteiger partial charge in [0, 0.05) is 12.2 Å². The quantitative estimate of drug-likeness (QED) is 0.893. The average Bonchev–Trinajstić information content (AvgIpc) is 3.18. The third kappa shape index (κ3) is 3.31. The van der Waals surface area contributed by atoms with Crippen LogP contribution in [0, 0.1) is 6.92 Å². The molecule has 3 heterocycles. The number of aliphatic carboxylic acids is 1. The van der Waals surface area contributed by atoms with E-state index in [2.05, 4.69) is 5.10 Å². The van der Waals surface area contributed by atoms with Gasteiger partial charge in [0.1, 0.15) is 6.04 Å². The lowest BCUT2D eigenvalue weighted by Crippen LogP contribution is -2.40. The molecular formula is C20H28N4O3. The number of carbonyl (C=O) groups excluding carboxylic acids is 1. The van der Waals surface area contributed by atoms with E-state index >= 15 is 0 Å². The van der Waals surface area contributed by atoms with E-state index in [4.69, 9.17) is 4.98 Å². The van der Waals surface area contributed by atoms with Crippen LogP contribution in [0.2, 0.25) is 0 Å². The third-order valence-electron chi connectivity index (χ3n) is 5.09. The van der Waals surface area contributed by atoms with Crippen molar-refractivity contribution in [3.05, 3.63) is 23.0 Å². The molecule has 0 saturated carbocycles. The number of hydrogen-bond donors (Lipinski definition) is 1. The zero-order valence-corrected chi connectivity index (χ0v) is 16.9. The van der Waals surface area contributed by atoms with Gasteiger partial charge < -0.3 is 10.0 Å². The van der Waals surface area contributed by atoms with E-state index in [1.165, 1.54) is 4.90 Å². The highest BCUT2D eigenvalue weighted by atomic mass is 16.4. The van der Waals surface area contributed by atoms with E-state index in [0.29, 0.717) is 30.6 Å². The number of pyridine rings is 1. The number of nitrogens with zero attached hydrogens (tertiary/aromatic N) is 4. The maximum Gasteiger partial charge on any atom is 0.326 e. The second-order valence-electron chi connectivity index (χ2n) is 8.61. The molecule has 2 aromatic rings. The van der Waals surface area contributed by atoms with Crippen molar-refractivity contribution < 1.29 is 14.7 Å². The predicted molar refractivity (Wildman–Crippen MR) is 103 cm³/mol. The number of carboxylic acids is 1. The molecule has 1 amide bonds. The van der Waals surface area contributed by atoms with E-state index in [1.54, 1.807) is 0 Å². The Morgan fingerprint density at radius 1 is 1.30 bits per heavy atom. The Kier molecular flexibility index (Phi) is 4.74. The van der Waals surface area contributed by atoms with Gasteiger partial charge in [-0.2, -0.15) is 5.10 Å². The van der Waals surface area contributed by atoms with E-state index in [1.807, 2.05) is 52.3 Å². The molecule has 0 aliphatic carbocycles. The number of carbonyl (C=O) groups is 2. The number of likely N-dealkylation sites (tertiary alicyclic amines) is 1. The molecular weight excluding hydrogens is 344 g/mol. The maximum absolute atomic E-state index is 13.4. The lowest BCUT2D eigenvalue weighted by molar-refractivity contribution is -0.141. The van der Waals surface area contributed by atoms with E-state index in [9.17, 15) is 14.7 Å². The maximum atomic E-state index is 13.4. The number of aromatic nitrogens is 3. The van der Waals surface area contributed by atoms with Crippen LogP contribution in [0.15, 0.2) is 6.07 Å². The lowest BCUT2D eigenvalue weighted by atomic mass is 10.0. The SMILES string of the molecule is Cc1nn(C(C)(C)C)c2nc(C(C)C)cc(C(=O)N3CCCC3C(=O)O)c12. The molecule has 0 radical (unpaired) electrons. The molecule has 1 fully saturated rings. The van der Waals surface area contributed by atoms with Crippen LogP contribution >= 0.6 is 0 Å². The second-order valence-corrected chi connectivity index (χ2v) is 8.61. The summed E-state index contributed by atoms with van der Waals surface area (Å²) in [6.45, 7) is 12.5. The summed E-state index contributed by atoms with van der Waals surface area (Å²) < 4.78 is 1.86. The van der Waals surface area contributed by atoms with Crippen molar-refractivity contribution in [2.45, 2.75) is 71.9 Å². The van der Waals surface area contributed by atoms with Crippen molar-refractivity contribution >= 4 is 22.9 Å². The van der Waals surface area contributed by atoms with Gasteiger partial charge in [-0.05, 0) is 52.5 Å². The van der Waals surface area contributed by atoms with Gasteiger partial charge in [-0.1, -0.05) is 13.8 Å². The van der Waals surface area contributed by atoms with Crippen molar-refractivity contribution in [2.24, 2.45) is 0 Å². The minimum Gasteiger partial charge on any atom is -0.480 e. The van der Waals surface area contributed by atoms with E-state index in [-0.39, 0.29) is 17.4 Å². The first-order chi connectivity index (χ1) is 12.5. The van der Waals surface area contributed by atoms with Crippen molar-refractivity contribution in [3.8, 4) is 0 Å². The molecule has 3 rings (SSSR count). The molecule has 1 aliphatic heterocycles. The number of hydrogen-bond acceptors (Lipinski definition) is 4. The number of amides is 1. The first kappa shape index (κ1) is 19.3. The fourth-order valence-corrected chi connectivity index (χ4v) is 3.66. The van der Waals surface area contributed by atoms with Crippen LogP contribution in [0.3, 0.4) is 0 Å². The zero-order chi connectivity index (χ0) is 20.1. The Bertz CT molecular complexity index is 908. The van der Waals surface area contributed by atoms with Gasteiger partial charge in [-0.3, -0.25) is 4.79 Å². The summed E-state index contributed by atoms with van der Waals surface area (Å²) in [4.78, 5) is 31.2. The molecule has 1 saturated heterocycles. The molecule has 1 N–H and O–H groups in total. The highest BCUT2D eigenvalue weighted by Crippen LogP contribution is 2.31. The van der Waals surface area contributed by atoms with Gasteiger partial charge in [-0.25, -0.2) is 14.5 Å². The van der Waals surface area contributed by atoms with Crippen molar-refractivity contribution in [3.63, 3.8) is 0 Å². The minimum atomic E-state index is -0.947. The summed E-state index contributed by atoms with van der Waals surface area (Å²) >= 11 is 0. The van der Waals surface area contributed by atoms with Crippen LogP contribution in [-0.2, 0) is 10.3 Å². The van der Waals surface area contributed by atoms with E-state index in [0.717, 1.165) is 16.8 Å². The molecule has 146 valence electrons. The Hall–Kier alpha value is -2.44. The monoisotopic (exact) mass is 372 g/mol. The van der Waals surface area contributed by atoms with Crippen molar-refractivity contribution in [1.29, 1.82) is 0 Å². The molecule has 2 aromatic heterocycles. The lowest BCUT2D eigenvalue weighted by Gasteiger charge is -2.23. The molecule has 0 spiro atoms. The first-order valence-corrected chi connectivity index (χ1v) is 9.47. The largest absolute Gasteiger partial charge is 0.480 e. The Labute approximate surface area is 159 Å². The first-order valence-electron chi connectivity index (χ1n) is 9.47. The standard InChI is InChI=1S/C20H28N4O3/c1-11(2)14-10-13(18(25)23-9-7-8-15(23)19(26)27)16-12(3)22-24(17(16)21-14)20(4,5)6/h10-11,15H,7-9H2,1-6H3,(H,26,27). The van der Waals surface area contributed by atoms with E-state index < -0.39 is 12.0 Å². The molecule has 0 aromatic carbocycles. The summed E-state index contributed by atoms with van der Waals surface area (Å²) in [5.74, 6) is -1.05. The number of rotatable bonds is 3. The number of aryl methyl sites for hydroxylation is 1. The second kappa shape index (κ2) is 6.62. The van der Waals surface area contributed by atoms with Crippen LogP contribution in [0.25, 0.3) is 11.0 Å². The Morgan fingerprint density at radius 3 is 2.52 bits per heavy atom. The summed E-state index contributed by atoms with van der Waals surface area (Å²) in [5, 5.41) is 14.8. The summed E-state index contributed by atoms with van der Waals surface area (Å²) in [6, 6.07) is 1.05. The Balaban J connectivity index is 2.24. The third-order valence-corrected chi connectivity index (χ3v) is 5.09. The minimum absolute atomic E-state index is 0.137. The van der Waals surface area contributed by atoms with Crippen LogP contribution in [0.5, 0.6) is 0 Å². The van der Waals surface area contributed by atoms with Gasteiger partial charge >= 0.3 is 5.97 Å². The van der Waals surface area contributed by atoms with Gasteiger partial charge in [0.25, 0.3) is 5.91 Å². The van der Waals surface area contributed by atoms with Gasteiger partial charge in [0.05, 0.1) is 22.2 Å². The highest BCUT2D eigenvalue weighted by molar-refractivity contribution is 6.07. The fourth-order valence-electron chi connectivity index (χ4n) is 3.66. The molecule has 27 heavy (non-hydrogen) atoms. The summed E-state index contributed by atoms with van der Waals surface area (Å²) in [6.07, 6.45) is 1.20. The fraction of sp³-hybridized carbons (Fsp3) is 0.600. The van der Waals surface area contributed by atoms with Crippen molar-refractivity contribution in [2.75, 3.05) is 6.54 Å². The molecule has 0 bridgehead atoms. The molecule has 7 nitrogen and oxygen atoms in total. The zero-order valence-electron chi connectivity index (χ0n) is 16.9. The van der Waals surface area contributed by atoms with Crippen molar-refractivity contribution in [1.82, 2.24) is 19.7 Å². The normalized spacial score (nSPS) is 17.9. The Morgan fingerprint density at radius 2 is 1.96 bits per heavy atom. The van der Waals surface area contributed by atoms with Gasteiger partial charge in [-0.15, -0.1) is 0 Å². The summed E-state index contributed by atoms with van der Waals surface area (Å²) in [7, 11) is 0. The molecule has 1 aliphatic rings. The van der Waals surface area contributed by atoms with Crippen LogP contribution in [-0.4, -0.2) is 49.2 Å². The van der Waals surface area contributed by atoms with Gasteiger partial charge in [0.2, 0.25) is 0 Å². The molecule has 7 heteroatoms. The highest BCUT2D eigenvalue weighted by Gasteiger charge is 2.36.